The van der Waals surface area contributed by atoms with Gasteiger partial charge in [0.25, 0.3) is 0 Å². The van der Waals surface area contributed by atoms with Crippen LogP contribution in [0.3, 0.4) is 0 Å². The maximum atomic E-state index is 13.3. The number of rotatable bonds is 4. The van der Waals surface area contributed by atoms with E-state index in [1.807, 2.05) is 42.6 Å². The third kappa shape index (κ3) is 3.62. The number of benzene rings is 1. The molecule has 0 aliphatic carbocycles. The van der Waals surface area contributed by atoms with Crippen LogP contribution in [0.25, 0.3) is 11.3 Å². The predicted molar refractivity (Wildman–Crippen MR) is 124 cm³/mol. The molecule has 2 aliphatic rings. The molecule has 4 heterocycles. The largest absolute Gasteiger partial charge is 0.480 e. The Morgan fingerprint density at radius 1 is 1.25 bits per heavy atom. The molecule has 9 nitrogen and oxygen atoms in total. The number of aliphatic imine (C=N–C) groups is 1. The van der Waals surface area contributed by atoms with Gasteiger partial charge in [0.15, 0.2) is 11.6 Å². The Labute approximate surface area is 185 Å². The number of aromatic nitrogens is 3. The van der Waals surface area contributed by atoms with Crippen molar-refractivity contribution in [3.05, 3.63) is 54.4 Å². The summed E-state index contributed by atoms with van der Waals surface area (Å²) in [5.74, 6) is 1.32. The number of hydrogen-bond acceptors (Lipinski definition) is 7. The summed E-state index contributed by atoms with van der Waals surface area (Å²) in [6.45, 7) is 1.68. The molecular weight excluding hydrogens is 406 g/mol. The number of anilines is 3. The minimum atomic E-state index is -0.281. The second-order valence-corrected chi connectivity index (χ2v) is 7.69. The maximum Gasteiger partial charge on any atom is 0.329 e. The lowest BCUT2D eigenvalue weighted by Gasteiger charge is -2.35. The minimum Gasteiger partial charge on any atom is -0.480 e. The van der Waals surface area contributed by atoms with Gasteiger partial charge in [-0.05, 0) is 30.2 Å². The molecule has 2 amide bonds. The van der Waals surface area contributed by atoms with Crippen LogP contribution < -0.4 is 19.9 Å². The van der Waals surface area contributed by atoms with Crippen molar-refractivity contribution < 1.29 is 9.53 Å². The third-order valence-corrected chi connectivity index (χ3v) is 5.69. The Morgan fingerprint density at radius 3 is 3.00 bits per heavy atom. The lowest BCUT2D eigenvalue weighted by Crippen LogP contribution is -2.48. The van der Waals surface area contributed by atoms with Crippen LogP contribution in [0.5, 0.6) is 5.88 Å². The number of urea groups is 1. The summed E-state index contributed by atoms with van der Waals surface area (Å²) in [5, 5.41) is 2.85. The van der Waals surface area contributed by atoms with Gasteiger partial charge in [-0.25, -0.2) is 9.78 Å². The number of carbonyl (C=O) groups is 1. The molecule has 2 bridgehead atoms. The highest BCUT2D eigenvalue weighted by atomic mass is 16.5. The van der Waals surface area contributed by atoms with Crippen molar-refractivity contribution >= 4 is 29.6 Å². The van der Waals surface area contributed by atoms with E-state index in [0.29, 0.717) is 17.5 Å². The van der Waals surface area contributed by atoms with Crippen LogP contribution in [0, 0.1) is 0 Å². The molecule has 1 saturated heterocycles. The zero-order valence-corrected chi connectivity index (χ0v) is 17.9. The Kier molecular flexibility index (Phi) is 5.14. The topological polar surface area (TPSA) is 95.8 Å². The van der Waals surface area contributed by atoms with Crippen molar-refractivity contribution in [2.45, 2.75) is 12.5 Å². The summed E-state index contributed by atoms with van der Waals surface area (Å²) >= 11 is 0. The quantitative estimate of drug-likeness (QED) is 0.640. The molecule has 5 rings (SSSR count). The number of pyridine rings is 1. The van der Waals surface area contributed by atoms with Crippen molar-refractivity contribution in [1.29, 1.82) is 0 Å². The Morgan fingerprint density at radius 2 is 2.16 bits per heavy atom. The number of amides is 2. The van der Waals surface area contributed by atoms with Gasteiger partial charge in [-0.2, -0.15) is 4.98 Å². The number of carbonyl (C=O) groups excluding carboxylic acids is 1. The van der Waals surface area contributed by atoms with Crippen molar-refractivity contribution in [3.63, 3.8) is 0 Å². The number of methoxy groups -OCH3 is 1. The van der Waals surface area contributed by atoms with E-state index in [1.54, 1.807) is 11.9 Å². The fourth-order valence-electron chi connectivity index (χ4n) is 4.24. The summed E-state index contributed by atoms with van der Waals surface area (Å²) in [7, 11) is 3.26. The van der Waals surface area contributed by atoms with E-state index in [2.05, 4.69) is 25.2 Å². The first-order valence-electron chi connectivity index (χ1n) is 10.4. The molecule has 32 heavy (non-hydrogen) atoms. The van der Waals surface area contributed by atoms with Gasteiger partial charge in [0.1, 0.15) is 0 Å². The molecule has 1 atom stereocenters. The number of ether oxygens (including phenoxy) is 1. The molecule has 162 valence electrons. The summed E-state index contributed by atoms with van der Waals surface area (Å²) in [5.41, 5.74) is 3.73. The van der Waals surface area contributed by atoms with Crippen LogP contribution in [0.1, 0.15) is 12.0 Å². The van der Waals surface area contributed by atoms with Crippen molar-refractivity contribution in [2.24, 2.45) is 4.99 Å². The van der Waals surface area contributed by atoms with Gasteiger partial charge in [0.05, 0.1) is 36.9 Å². The van der Waals surface area contributed by atoms with E-state index < -0.39 is 0 Å². The first kappa shape index (κ1) is 19.9. The highest BCUT2D eigenvalue weighted by Crippen LogP contribution is 2.40. The summed E-state index contributed by atoms with van der Waals surface area (Å²) < 4.78 is 5.11. The first-order valence-corrected chi connectivity index (χ1v) is 10.4. The molecule has 2 aliphatic heterocycles. The molecule has 0 radical (unpaired) electrons. The summed E-state index contributed by atoms with van der Waals surface area (Å²) in [6, 6.07) is 11.8. The predicted octanol–water partition coefficient (Wildman–Crippen LogP) is 3.23. The van der Waals surface area contributed by atoms with E-state index in [-0.39, 0.29) is 12.1 Å². The fraction of sp³-hybridized carbons (Fsp3) is 0.261. The van der Waals surface area contributed by atoms with Crippen LogP contribution >= 0.6 is 0 Å². The first-order chi connectivity index (χ1) is 15.7. The second kappa shape index (κ2) is 8.26. The highest BCUT2D eigenvalue weighted by molar-refractivity contribution is 6.04. The van der Waals surface area contributed by atoms with Crippen LogP contribution in [-0.2, 0) is 0 Å². The Hall–Kier alpha value is -4.01. The van der Waals surface area contributed by atoms with Gasteiger partial charge < -0.3 is 9.64 Å². The van der Waals surface area contributed by atoms with E-state index >= 15 is 0 Å². The van der Waals surface area contributed by atoms with Gasteiger partial charge >= 0.3 is 6.03 Å². The SMILES string of the molecule is CN=Cc1cccc(-c2ccc3c(n2)N(C(=O)Nc2cncc(OC)n2)[C@H]2CCN3C2)c1. The van der Waals surface area contributed by atoms with Crippen LogP contribution in [0.4, 0.5) is 22.1 Å². The monoisotopic (exact) mass is 429 g/mol. The Balaban J connectivity index is 1.51. The van der Waals surface area contributed by atoms with E-state index in [0.717, 1.165) is 42.0 Å². The zero-order valence-electron chi connectivity index (χ0n) is 17.9. The molecule has 1 N–H and O–H groups in total. The number of nitrogens with one attached hydrogen (secondary N) is 1. The summed E-state index contributed by atoms with van der Waals surface area (Å²) in [6.07, 6.45) is 5.68. The van der Waals surface area contributed by atoms with E-state index in [9.17, 15) is 4.79 Å². The zero-order chi connectivity index (χ0) is 22.1. The molecule has 0 spiro atoms. The minimum absolute atomic E-state index is 0.0439. The molecule has 1 fully saturated rings. The molecule has 0 saturated carbocycles. The molecular formula is C23H23N7O2. The highest BCUT2D eigenvalue weighted by Gasteiger charge is 2.40. The van der Waals surface area contributed by atoms with Crippen LogP contribution in [0.2, 0.25) is 0 Å². The molecule has 9 heteroatoms. The third-order valence-electron chi connectivity index (χ3n) is 5.69. The fourth-order valence-corrected chi connectivity index (χ4v) is 4.24. The molecule has 2 aromatic heterocycles. The molecule has 1 aromatic carbocycles. The molecule has 3 aromatic rings. The van der Waals surface area contributed by atoms with Gasteiger partial charge in [0, 0.05) is 31.9 Å². The average molecular weight is 429 g/mol. The smallest absolute Gasteiger partial charge is 0.329 e. The number of hydrogen-bond donors (Lipinski definition) is 1. The average Bonchev–Trinajstić information content (AvgIpc) is 3.23. The normalized spacial score (nSPS) is 16.9. The summed E-state index contributed by atoms with van der Waals surface area (Å²) in [4.78, 5) is 34.7. The van der Waals surface area contributed by atoms with Crippen molar-refractivity contribution in [3.8, 4) is 17.1 Å². The number of fused-ring (bicyclic) bond motifs is 4. The van der Waals surface area contributed by atoms with Crippen molar-refractivity contribution in [1.82, 2.24) is 15.0 Å². The maximum absolute atomic E-state index is 13.3. The second-order valence-electron chi connectivity index (χ2n) is 7.69. The Bertz CT molecular complexity index is 1200. The standard InChI is InChI=1S/C23H23N7O2/c1-24-11-15-4-3-5-16(10-15)18-6-7-19-22(26-18)30(17-8-9-29(19)14-17)23(31)28-20-12-25-13-21(27-20)32-2/h3-7,10-13,17H,8-9,14H2,1-2H3,(H,27,28,31)/t17-/m0/s1. The van der Waals surface area contributed by atoms with E-state index in [4.69, 9.17) is 9.72 Å². The van der Waals surface area contributed by atoms with Gasteiger partial charge in [0.2, 0.25) is 5.88 Å². The lowest BCUT2D eigenvalue weighted by molar-refractivity contribution is 0.254. The van der Waals surface area contributed by atoms with Gasteiger partial charge in [-0.1, -0.05) is 18.2 Å². The number of nitrogens with zero attached hydrogens (tertiary/aromatic N) is 6. The van der Waals surface area contributed by atoms with Gasteiger partial charge in [-0.15, -0.1) is 0 Å². The van der Waals surface area contributed by atoms with Crippen LogP contribution in [-0.4, -0.2) is 60.5 Å². The van der Waals surface area contributed by atoms with Crippen molar-refractivity contribution in [2.75, 3.05) is 42.4 Å². The molecule has 0 unspecified atom stereocenters. The lowest BCUT2D eigenvalue weighted by atomic mass is 10.1. The van der Waals surface area contributed by atoms with E-state index in [1.165, 1.54) is 19.5 Å². The van der Waals surface area contributed by atoms with Crippen LogP contribution in [0.15, 0.2) is 53.8 Å². The van der Waals surface area contributed by atoms with Gasteiger partial charge in [-0.3, -0.25) is 20.2 Å².